The first-order valence-electron chi connectivity index (χ1n) is 9.41. The van der Waals surface area contributed by atoms with Crippen molar-refractivity contribution in [2.45, 2.75) is 6.04 Å². The molecular formula is C22H18N2O7. The SMILES string of the molecule is COc1cccc2cc(C(=O)NC(CN3C(=O)COC3=O)c3ccccc3)c(=O)oc12. The Bertz CT molecular complexity index is 1200. The van der Waals surface area contributed by atoms with Gasteiger partial charge in [-0.15, -0.1) is 0 Å². The summed E-state index contributed by atoms with van der Waals surface area (Å²) < 4.78 is 15.2. The molecule has 1 aliphatic rings. The summed E-state index contributed by atoms with van der Waals surface area (Å²) in [5.41, 5.74) is -0.165. The summed E-state index contributed by atoms with van der Waals surface area (Å²) in [6, 6.07) is 14.5. The topological polar surface area (TPSA) is 115 Å². The van der Waals surface area contributed by atoms with Crippen LogP contribution in [-0.2, 0) is 9.53 Å². The predicted octanol–water partition coefficient (Wildman–Crippen LogP) is 2.25. The van der Waals surface area contributed by atoms with Crippen molar-refractivity contribution in [1.82, 2.24) is 10.2 Å². The lowest BCUT2D eigenvalue weighted by molar-refractivity contribution is -0.126. The molecule has 3 amide bonds. The number of fused-ring (bicyclic) bond motifs is 1. The number of para-hydroxylation sites is 1. The fourth-order valence-electron chi connectivity index (χ4n) is 3.33. The molecule has 1 atom stereocenters. The van der Waals surface area contributed by atoms with Gasteiger partial charge in [0.2, 0.25) is 0 Å². The number of benzene rings is 2. The van der Waals surface area contributed by atoms with Gasteiger partial charge in [0.05, 0.1) is 19.7 Å². The Morgan fingerprint density at radius 3 is 2.58 bits per heavy atom. The van der Waals surface area contributed by atoms with Crippen LogP contribution in [0.5, 0.6) is 5.75 Å². The van der Waals surface area contributed by atoms with Crippen LogP contribution in [0.15, 0.2) is 63.8 Å². The van der Waals surface area contributed by atoms with Crippen molar-refractivity contribution < 1.29 is 28.3 Å². The van der Waals surface area contributed by atoms with E-state index in [4.69, 9.17) is 13.9 Å². The van der Waals surface area contributed by atoms with Crippen LogP contribution in [0.3, 0.4) is 0 Å². The second kappa shape index (κ2) is 8.31. The third kappa shape index (κ3) is 3.97. The molecule has 0 spiro atoms. The smallest absolute Gasteiger partial charge is 0.417 e. The van der Waals surface area contributed by atoms with E-state index < -0.39 is 29.6 Å². The van der Waals surface area contributed by atoms with Gasteiger partial charge in [-0.1, -0.05) is 42.5 Å². The fourth-order valence-corrected chi connectivity index (χ4v) is 3.33. The van der Waals surface area contributed by atoms with Crippen molar-refractivity contribution in [3.8, 4) is 5.75 Å². The first-order valence-corrected chi connectivity index (χ1v) is 9.41. The van der Waals surface area contributed by atoms with Gasteiger partial charge >= 0.3 is 11.7 Å². The normalized spacial score (nSPS) is 14.4. The van der Waals surface area contributed by atoms with Crippen LogP contribution in [0.2, 0.25) is 0 Å². The van der Waals surface area contributed by atoms with Gasteiger partial charge in [0, 0.05) is 5.39 Å². The largest absolute Gasteiger partial charge is 0.493 e. The van der Waals surface area contributed by atoms with E-state index in [2.05, 4.69) is 5.32 Å². The first-order chi connectivity index (χ1) is 15.0. The minimum atomic E-state index is -0.835. The van der Waals surface area contributed by atoms with Crippen molar-refractivity contribution in [1.29, 1.82) is 0 Å². The van der Waals surface area contributed by atoms with Gasteiger partial charge in [0.25, 0.3) is 11.8 Å². The molecule has 1 aliphatic heterocycles. The first kappa shape index (κ1) is 20.1. The maximum absolute atomic E-state index is 13.0. The van der Waals surface area contributed by atoms with E-state index in [1.807, 2.05) is 0 Å². The van der Waals surface area contributed by atoms with Gasteiger partial charge in [-0.2, -0.15) is 0 Å². The summed E-state index contributed by atoms with van der Waals surface area (Å²) in [4.78, 5) is 50.2. The lowest BCUT2D eigenvalue weighted by atomic mass is 10.1. The summed E-state index contributed by atoms with van der Waals surface area (Å²) in [6.07, 6.45) is -0.780. The highest BCUT2D eigenvalue weighted by Crippen LogP contribution is 2.25. The fraction of sp³-hybridized carbons (Fsp3) is 0.182. The summed E-state index contributed by atoms with van der Waals surface area (Å²) in [7, 11) is 1.45. The van der Waals surface area contributed by atoms with Crippen molar-refractivity contribution in [3.63, 3.8) is 0 Å². The lowest BCUT2D eigenvalue weighted by Crippen LogP contribution is -2.41. The minimum Gasteiger partial charge on any atom is -0.493 e. The number of nitrogens with zero attached hydrogens (tertiary/aromatic N) is 1. The van der Waals surface area contributed by atoms with Crippen LogP contribution in [0.1, 0.15) is 22.0 Å². The zero-order valence-electron chi connectivity index (χ0n) is 16.5. The molecule has 1 N–H and O–H groups in total. The monoisotopic (exact) mass is 422 g/mol. The van der Waals surface area contributed by atoms with Crippen LogP contribution < -0.4 is 15.7 Å². The molecule has 4 rings (SSSR count). The maximum Gasteiger partial charge on any atom is 0.417 e. The number of imide groups is 1. The Hall–Kier alpha value is -4.14. The Morgan fingerprint density at radius 1 is 1.13 bits per heavy atom. The number of methoxy groups -OCH3 is 1. The number of ether oxygens (including phenoxy) is 2. The molecule has 9 nitrogen and oxygen atoms in total. The zero-order chi connectivity index (χ0) is 22.0. The standard InChI is InChI=1S/C22H18N2O7/c1-29-17-9-5-8-14-10-15(21(27)31-19(14)17)20(26)23-16(13-6-3-2-4-7-13)11-24-18(25)12-30-22(24)28/h2-10,16H,11-12H2,1H3,(H,23,26). The summed E-state index contributed by atoms with van der Waals surface area (Å²) in [5, 5.41) is 3.23. The van der Waals surface area contributed by atoms with Gasteiger partial charge in [-0.3, -0.25) is 9.59 Å². The molecule has 2 aromatic carbocycles. The minimum absolute atomic E-state index is 0.139. The Labute approximate surface area is 176 Å². The number of hydrogen-bond acceptors (Lipinski definition) is 7. The zero-order valence-corrected chi connectivity index (χ0v) is 16.5. The van der Waals surface area contributed by atoms with Crippen LogP contribution in [0, 0.1) is 0 Å². The quantitative estimate of drug-likeness (QED) is 0.606. The number of nitrogens with one attached hydrogen (secondary N) is 1. The Kier molecular flexibility index (Phi) is 5.40. The second-order valence-electron chi connectivity index (χ2n) is 6.82. The number of amides is 3. The molecule has 3 aromatic rings. The number of carbonyl (C=O) groups excluding carboxylic acids is 3. The molecule has 2 heterocycles. The van der Waals surface area contributed by atoms with Crippen LogP contribution in [-0.4, -0.2) is 43.1 Å². The number of rotatable bonds is 6. The van der Waals surface area contributed by atoms with Crippen molar-refractivity contribution >= 4 is 28.9 Å². The highest BCUT2D eigenvalue weighted by molar-refractivity contribution is 5.99. The second-order valence-corrected chi connectivity index (χ2v) is 6.82. The number of carbonyl (C=O) groups is 3. The van der Waals surface area contributed by atoms with E-state index in [0.717, 1.165) is 4.90 Å². The van der Waals surface area contributed by atoms with Crippen molar-refractivity contribution in [2.24, 2.45) is 0 Å². The molecular weight excluding hydrogens is 404 g/mol. The van der Waals surface area contributed by atoms with E-state index in [1.54, 1.807) is 48.5 Å². The van der Waals surface area contributed by atoms with Gasteiger partial charge < -0.3 is 19.2 Å². The molecule has 1 saturated heterocycles. The summed E-state index contributed by atoms with van der Waals surface area (Å²) >= 11 is 0. The van der Waals surface area contributed by atoms with E-state index >= 15 is 0 Å². The molecule has 1 aromatic heterocycles. The molecule has 1 unspecified atom stereocenters. The third-order valence-electron chi connectivity index (χ3n) is 4.90. The van der Waals surface area contributed by atoms with Gasteiger partial charge in [0.1, 0.15) is 5.56 Å². The van der Waals surface area contributed by atoms with Gasteiger partial charge in [0.15, 0.2) is 17.9 Å². The Morgan fingerprint density at radius 2 is 1.90 bits per heavy atom. The molecule has 0 radical (unpaired) electrons. The van der Waals surface area contributed by atoms with Crippen LogP contribution in [0.4, 0.5) is 4.79 Å². The molecule has 31 heavy (non-hydrogen) atoms. The maximum atomic E-state index is 13.0. The lowest BCUT2D eigenvalue weighted by Gasteiger charge is -2.22. The highest BCUT2D eigenvalue weighted by Gasteiger charge is 2.34. The third-order valence-corrected chi connectivity index (χ3v) is 4.90. The molecule has 9 heteroatoms. The number of hydrogen-bond donors (Lipinski definition) is 1. The van der Waals surface area contributed by atoms with Crippen molar-refractivity contribution in [3.05, 3.63) is 76.1 Å². The van der Waals surface area contributed by atoms with E-state index in [1.165, 1.54) is 13.2 Å². The molecule has 1 fully saturated rings. The predicted molar refractivity (Wildman–Crippen MR) is 109 cm³/mol. The van der Waals surface area contributed by atoms with E-state index in [0.29, 0.717) is 16.7 Å². The van der Waals surface area contributed by atoms with Gasteiger partial charge in [-0.25, -0.2) is 14.5 Å². The van der Waals surface area contributed by atoms with Crippen LogP contribution >= 0.6 is 0 Å². The summed E-state index contributed by atoms with van der Waals surface area (Å²) in [6.45, 7) is -0.482. The van der Waals surface area contributed by atoms with Crippen molar-refractivity contribution in [2.75, 3.05) is 20.3 Å². The number of cyclic esters (lactones) is 1. The molecule has 0 bridgehead atoms. The molecule has 0 aliphatic carbocycles. The Balaban J connectivity index is 1.66. The highest BCUT2D eigenvalue weighted by atomic mass is 16.6. The average molecular weight is 422 g/mol. The van der Waals surface area contributed by atoms with Crippen LogP contribution in [0.25, 0.3) is 11.0 Å². The van der Waals surface area contributed by atoms with E-state index in [9.17, 15) is 19.2 Å². The van der Waals surface area contributed by atoms with Gasteiger partial charge in [-0.05, 0) is 17.7 Å². The molecule has 0 saturated carbocycles. The molecule has 158 valence electrons. The summed E-state index contributed by atoms with van der Waals surface area (Å²) in [5.74, 6) is -0.834. The average Bonchev–Trinajstić information content (AvgIpc) is 3.10. The van der Waals surface area contributed by atoms with E-state index in [-0.39, 0.29) is 24.3 Å².